The predicted molar refractivity (Wildman–Crippen MR) is 36.5 cm³/mol. The van der Waals surface area contributed by atoms with E-state index in [0.29, 0.717) is 0 Å². The van der Waals surface area contributed by atoms with Crippen molar-refractivity contribution in [2.75, 3.05) is 7.11 Å². The maximum atomic E-state index is 5.59. The number of ether oxygens (including phenoxy) is 1. The Morgan fingerprint density at radius 3 is 2.78 bits per heavy atom. The summed E-state index contributed by atoms with van der Waals surface area (Å²) >= 11 is 0. The Morgan fingerprint density at radius 1 is 1.56 bits per heavy atom. The van der Waals surface area contributed by atoms with Crippen molar-refractivity contribution in [1.29, 1.82) is 0 Å². The second-order valence-corrected chi connectivity index (χ2v) is 1.88. The van der Waals surface area contributed by atoms with Crippen LogP contribution >= 0.6 is 0 Å². The molecule has 1 unspecified atom stereocenters. The van der Waals surface area contributed by atoms with Crippen LogP contribution in [0, 0.1) is 6.10 Å². The van der Waals surface area contributed by atoms with Gasteiger partial charge in [-0.25, -0.2) is 0 Å². The monoisotopic (exact) mass is 124 g/mol. The topological polar surface area (TPSA) is 35.2 Å². The lowest BCUT2D eigenvalue weighted by Gasteiger charge is -2.16. The second-order valence-electron chi connectivity index (χ2n) is 1.88. The molecule has 2 N–H and O–H groups in total. The molecule has 0 heterocycles. The van der Waals surface area contributed by atoms with E-state index >= 15 is 0 Å². The number of hydrogen-bond acceptors (Lipinski definition) is 2. The first kappa shape index (κ1) is 6.52. The molecule has 0 aromatic heterocycles. The van der Waals surface area contributed by atoms with Crippen molar-refractivity contribution < 1.29 is 4.74 Å². The number of nitrogens with two attached hydrogens (primary N) is 1. The first-order chi connectivity index (χ1) is 4.34. The SMILES string of the molecule is CO[C]1C=CC=CC1N. The molecule has 2 heteroatoms. The van der Waals surface area contributed by atoms with Crippen LogP contribution in [-0.4, -0.2) is 13.2 Å². The van der Waals surface area contributed by atoms with E-state index < -0.39 is 0 Å². The van der Waals surface area contributed by atoms with Crippen LogP contribution < -0.4 is 5.73 Å². The van der Waals surface area contributed by atoms with Crippen molar-refractivity contribution in [2.45, 2.75) is 6.04 Å². The van der Waals surface area contributed by atoms with Gasteiger partial charge in [0.25, 0.3) is 0 Å². The van der Waals surface area contributed by atoms with Gasteiger partial charge in [0, 0.05) is 7.11 Å². The molecule has 0 amide bonds. The van der Waals surface area contributed by atoms with Crippen molar-refractivity contribution in [3.05, 3.63) is 30.4 Å². The average molecular weight is 124 g/mol. The van der Waals surface area contributed by atoms with Crippen molar-refractivity contribution in [1.82, 2.24) is 0 Å². The smallest absolute Gasteiger partial charge is 0.139 e. The quantitative estimate of drug-likeness (QED) is 0.556. The Hall–Kier alpha value is -0.600. The summed E-state index contributed by atoms with van der Waals surface area (Å²) in [5.74, 6) is 0. The third-order valence-corrected chi connectivity index (χ3v) is 1.25. The van der Waals surface area contributed by atoms with E-state index in [2.05, 4.69) is 0 Å². The van der Waals surface area contributed by atoms with Gasteiger partial charge in [-0.15, -0.1) is 0 Å². The Bertz CT molecular complexity index is 140. The molecule has 49 valence electrons. The van der Waals surface area contributed by atoms with E-state index in [1.54, 1.807) is 7.11 Å². The molecule has 0 aliphatic heterocycles. The third kappa shape index (κ3) is 1.40. The minimum atomic E-state index is -0.0556. The molecule has 1 rings (SSSR count). The Labute approximate surface area is 55.0 Å². The first-order valence-corrected chi connectivity index (χ1v) is 2.86. The van der Waals surface area contributed by atoms with Gasteiger partial charge < -0.3 is 10.5 Å². The van der Waals surface area contributed by atoms with Gasteiger partial charge >= 0.3 is 0 Å². The molecule has 0 saturated carbocycles. The summed E-state index contributed by atoms with van der Waals surface area (Å²) in [4.78, 5) is 0. The molecule has 1 aliphatic rings. The molecule has 1 aliphatic carbocycles. The highest BCUT2D eigenvalue weighted by molar-refractivity contribution is 5.26. The van der Waals surface area contributed by atoms with Crippen LogP contribution in [-0.2, 0) is 4.74 Å². The molecule has 2 nitrogen and oxygen atoms in total. The normalized spacial score (nSPS) is 27.1. The number of methoxy groups -OCH3 is 1. The summed E-state index contributed by atoms with van der Waals surface area (Å²) in [6.07, 6.45) is 8.39. The fourth-order valence-corrected chi connectivity index (χ4v) is 0.744. The fraction of sp³-hybridized carbons (Fsp3) is 0.286. The van der Waals surface area contributed by atoms with Gasteiger partial charge in [0.1, 0.15) is 6.10 Å². The largest absolute Gasteiger partial charge is 0.369 e. The molecule has 0 fully saturated rings. The van der Waals surface area contributed by atoms with Gasteiger partial charge in [-0.2, -0.15) is 0 Å². The Kier molecular flexibility index (Phi) is 2.03. The standard InChI is InChI=1S/C7H10NO/c1-9-7-5-3-2-4-6(7)8/h2-6H,8H2,1H3. The van der Waals surface area contributed by atoms with Gasteiger partial charge in [-0.1, -0.05) is 18.2 Å². The lowest BCUT2D eigenvalue weighted by atomic mass is 10.1. The first-order valence-electron chi connectivity index (χ1n) is 2.86. The minimum Gasteiger partial charge on any atom is -0.369 e. The van der Waals surface area contributed by atoms with E-state index in [1.807, 2.05) is 24.3 Å². The Balaban J connectivity index is 2.55. The highest BCUT2D eigenvalue weighted by Crippen LogP contribution is 2.12. The van der Waals surface area contributed by atoms with E-state index in [0.717, 1.165) is 6.10 Å². The summed E-state index contributed by atoms with van der Waals surface area (Å²) in [5, 5.41) is 0. The molecule has 1 radical (unpaired) electrons. The van der Waals surface area contributed by atoms with Crippen LogP contribution in [0.4, 0.5) is 0 Å². The zero-order chi connectivity index (χ0) is 6.69. The predicted octanol–water partition coefficient (Wildman–Crippen LogP) is 0.618. The van der Waals surface area contributed by atoms with E-state index in [1.165, 1.54) is 0 Å². The number of rotatable bonds is 1. The van der Waals surface area contributed by atoms with Gasteiger partial charge in [0.15, 0.2) is 0 Å². The molecule has 9 heavy (non-hydrogen) atoms. The maximum Gasteiger partial charge on any atom is 0.139 e. The van der Waals surface area contributed by atoms with Crippen molar-refractivity contribution >= 4 is 0 Å². The van der Waals surface area contributed by atoms with Crippen LogP contribution in [0.25, 0.3) is 0 Å². The molecule has 0 saturated heterocycles. The molecule has 0 spiro atoms. The number of allylic oxidation sites excluding steroid dienone is 2. The number of hydrogen-bond donors (Lipinski definition) is 1. The van der Waals surface area contributed by atoms with Crippen LogP contribution in [0.3, 0.4) is 0 Å². The van der Waals surface area contributed by atoms with Crippen LogP contribution in [0.2, 0.25) is 0 Å². The minimum absolute atomic E-state index is 0.0556. The molecule has 0 aromatic rings. The lowest BCUT2D eigenvalue weighted by Crippen LogP contribution is -2.27. The Morgan fingerprint density at radius 2 is 2.33 bits per heavy atom. The van der Waals surface area contributed by atoms with E-state index in [9.17, 15) is 0 Å². The summed E-state index contributed by atoms with van der Waals surface area (Å²) in [6, 6.07) is -0.0556. The average Bonchev–Trinajstić information content (AvgIpc) is 1.89. The van der Waals surface area contributed by atoms with Gasteiger partial charge in [0.05, 0.1) is 6.04 Å². The zero-order valence-electron chi connectivity index (χ0n) is 5.37. The van der Waals surface area contributed by atoms with Gasteiger partial charge in [0.2, 0.25) is 0 Å². The molecule has 0 bridgehead atoms. The summed E-state index contributed by atoms with van der Waals surface area (Å²) in [7, 11) is 1.62. The summed E-state index contributed by atoms with van der Waals surface area (Å²) in [5.41, 5.74) is 5.59. The summed E-state index contributed by atoms with van der Waals surface area (Å²) in [6.45, 7) is 0. The van der Waals surface area contributed by atoms with Crippen molar-refractivity contribution in [3.63, 3.8) is 0 Å². The van der Waals surface area contributed by atoms with Crippen molar-refractivity contribution in [3.8, 4) is 0 Å². The van der Waals surface area contributed by atoms with E-state index in [4.69, 9.17) is 10.5 Å². The third-order valence-electron chi connectivity index (χ3n) is 1.25. The van der Waals surface area contributed by atoms with Crippen LogP contribution in [0.15, 0.2) is 24.3 Å². The highest BCUT2D eigenvalue weighted by atomic mass is 16.5. The van der Waals surface area contributed by atoms with Crippen LogP contribution in [0.5, 0.6) is 0 Å². The highest BCUT2D eigenvalue weighted by Gasteiger charge is 2.13. The van der Waals surface area contributed by atoms with Gasteiger partial charge in [-0.3, -0.25) is 0 Å². The molecule has 0 aromatic carbocycles. The van der Waals surface area contributed by atoms with Gasteiger partial charge in [-0.05, 0) is 6.08 Å². The van der Waals surface area contributed by atoms with E-state index in [-0.39, 0.29) is 6.04 Å². The second kappa shape index (κ2) is 2.80. The molecular weight excluding hydrogens is 114 g/mol. The molecule has 1 atom stereocenters. The maximum absolute atomic E-state index is 5.59. The molecular formula is C7H10NO. The summed E-state index contributed by atoms with van der Waals surface area (Å²) < 4.78 is 4.96. The van der Waals surface area contributed by atoms with Crippen molar-refractivity contribution in [2.24, 2.45) is 5.73 Å². The zero-order valence-corrected chi connectivity index (χ0v) is 5.37. The fourth-order valence-electron chi connectivity index (χ4n) is 0.744. The lowest BCUT2D eigenvalue weighted by molar-refractivity contribution is 0.218. The van der Waals surface area contributed by atoms with Crippen LogP contribution in [0.1, 0.15) is 0 Å².